The fourth-order valence-electron chi connectivity index (χ4n) is 2.45. The molecule has 2 heterocycles. The number of aryl methyl sites for hydroxylation is 1. The van der Waals surface area contributed by atoms with Crippen LogP contribution in [0.15, 0.2) is 16.5 Å². The maximum Gasteiger partial charge on any atom is 0.236 e. The van der Waals surface area contributed by atoms with Crippen molar-refractivity contribution >= 4 is 30.7 Å². The predicted molar refractivity (Wildman–Crippen MR) is 88.1 cm³/mol. The van der Waals surface area contributed by atoms with Crippen molar-refractivity contribution in [2.45, 2.75) is 38.8 Å². The van der Waals surface area contributed by atoms with E-state index in [9.17, 15) is 4.79 Å². The molecular weight excluding hydrogens is 313 g/mol. The number of rotatable bonds is 5. The molecule has 1 saturated heterocycles. The summed E-state index contributed by atoms with van der Waals surface area (Å²) in [5, 5.41) is 2.90. The molecule has 0 radical (unpaired) electrons. The lowest BCUT2D eigenvalue weighted by Crippen LogP contribution is -2.43. The first kappa shape index (κ1) is 20.2. The molecule has 0 bridgehead atoms. The van der Waals surface area contributed by atoms with Gasteiger partial charge < -0.3 is 15.5 Å². The summed E-state index contributed by atoms with van der Waals surface area (Å²) in [6.07, 6.45) is 2.41. The van der Waals surface area contributed by atoms with Gasteiger partial charge >= 0.3 is 0 Å². The normalized spacial score (nSPS) is 17.5. The van der Waals surface area contributed by atoms with Crippen LogP contribution in [0.3, 0.4) is 0 Å². The molecule has 2 atom stereocenters. The van der Waals surface area contributed by atoms with Crippen molar-refractivity contribution in [2.24, 2.45) is 5.73 Å². The molecule has 0 saturated carbocycles. The fourth-order valence-corrected chi connectivity index (χ4v) is 2.45. The summed E-state index contributed by atoms with van der Waals surface area (Å²) in [6.45, 7) is 6.28. The zero-order chi connectivity index (χ0) is 13.8. The minimum atomic E-state index is -0.474. The predicted octanol–water partition coefficient (Wildman–Crippen LogP) is 2.03. The number of halogens is 2. The van der Waals surface area contributed by atoms with Crippen LogP contribution < -0.4 is 11.1 Å². The second-order valence-electron chi connectivity index (χ2n) is 5.24. The molecule has 1 unspecified atom stereocenters. The summed E-state index contributed by atoms with van der Waals surface area (Å²) in [5.41, 5.74) is 5.57. The van der Waals surface area contributed by atoms with Crippen LogP contribution in [0.25, 0.3) is 0 Å². The Morgan fingerprint density at radius 1 is 1.38 bits per heavy atom. The van der Waals surface area contributed by atoms with E-state index in [2.05, 4.69) is 10.2 Å². The van der Waals surface area contributed by atoms with Crippen LogP contribution >= 0.6 is 24.8 Å². The van der Waals surface area contributed by atoms with Crippen LogP contribution in [-0.4, -0.2) is 36.5 Å². The van der Waals surface area contributed by atoms with Gasteiger partial charge in [0.15, 0.2) is 0 Å². The zero-order valence-electron chi connectivity index (χ0n) is 12.5. The van der Waals surface area contributed by atoms with E-state index in [1.54, 1.807) is 6.92 Å². The number of furan rings is 1. The summed E-state index contributed by atoms with van der Waals surface area (Å²) in [7, 11) is 0. The number of carbonyl (C=O) groups is 1. The first-order chi connectivity index (χ1) is 9.08. The van der Waals surface area contributed by atoms with E-state index in [1.165, 1.54) is 12.8 Å². The van der Waals surface area contributed by atoms with Gasteiger partial charge in [0.05, 0.1) is 12.1 Å². The van der Waals surface area contributed by atoms with E-state index in [0.29, 0.717) is 6.54 Å². The first-order valence-corrected chi connectivity index (χ1v) is 6.91. The minimum absolute atomic E-state index is 0. The largest absolute Gasteiger partial charge is 0.465 e. The summed E-state index contributed by atoms with van der Waals surface area (Å²) in [4.78, 5) is 14.0. The lowest BCUT2D eigenvalue weighted by atomic mass is 10.2. The van der Waals surface area contributed by atoms with Crippen molar-refractivity contribution in [1.82, 2.24) is 10.2 Å². The Balaban J connectivity index is 0.00000200. The number of likely N-dealkylation sites (tertiary alicyclic amines) is 1. The third-order valence-electron chi connectivity index (χ3n) is 3.55. The lowest BCUT2D eigenvalue weighted by molar-refractivity contribution is -0.122. The molecule has 7 heteroatoms. The second-order valence-corrected chi connectivity index (χ2v) is 5.24. The van der Waals surface area contributed by atoms with E-state index in [-0.39, 0.29) is 36.8 Å². The van der Waals surface area contributed by atoms with E-state index in [0.717, 1.165) is 24.6 Å². The average Bonchev–Trinajstić information content (AvgIpc) is 3.01. The van der Waals surface area contributed by atoms with Gasteiger partial charge in [0.25, 0.3) is 0 Å². The highest BCUT2D eigenvalue weighted by molar-refractivity contribution is 5.85. The van der Waals surface area contributed by atoms with Gasteiger partial charge in [0.1, 0.15) is 11.5 Å². The summed E-state index contributed by atoms with van der Waals surface area (Å²) >= 11 is 0. The quantitative estimate of drug-likeness (QED) is 0.862. The summed E-state index contributed by atoms with van der Waals surface area (Å²) in [5.74, 6) is 1.70. The molecule has 1 aliphatic heterocycles. The maximum absolute atomic E-state index is 11.6. The minimum Gasteiger partial charge on any atom is -0.465 e. The van der Waals surface area contributed by atoms with Crippen LogP contribution in [-0.2, 0) is 4.79 Å². The van der Waals surface area contributed by atoms with Crippen molar-refractivity contribution in [3.8, 4) is 0 Å². The molecule has 122 valence electrons. The standard InChI is InChI=1S/C14H23N3O2.2ClH/c1-10-5-6-13(19-10)12(17-7-3-4-8-17)9-16-14(18)11(2)15;;/h5-6,11-12H,3-4,7-9,15H2,1-2H3,(H,16,18);2*1H/t11-,12?;;/m1../s1. The Labute approximate surface area is 138 Å². The van der Waals surface area contributed by atoms with Crippen molar-refractivity contribution in [3.63, 3.8) is 0 Å². The topological polar surface area (TPSA) is 71.5 Å². The van der Waals surface area contributed by atoms with E-state index in [1.807, 2.05) is 19.1 Å². The van der Waals surface area contributed by atoms with Gasteiger partial charge in [-0.25, -0.2) is 0 Å². The van der Waals surface area contributed by atoms with Gasteiger partial charge in [-0.1, -0.05) is 0 Å². The second kappa shape index (κ2) is 9.30. The Kier molecular flexibility index (Phi) is 8.97. The van der Waals surface area contributed by atoms with E-state index >= 15 is 0 Å². The summed E-state index contributed by atoms with van der Waals surface area (Å²) < 4.78 is 5.73. The molecule has 2 rings (SSSR count). The Hall–Kier alpha value is -0.750. The molecule has 0 aromatic carbocycles. The molecule has 0 spiro atoms. The van der Waals surface area contributed by atoms with E-state index in [4.69, 9.17) is 10.2 Å². The van der Waals surface area contributed by atoms with Crippen molar-refractivity contribution in [1.29, 1.82) is 0 Å². The van der Waals surface area contributed by atoms with Gasteiger partial charge in [-0.05, 0) is 51.9 Å². The first-order valence-electron chi connectivity index (χ1n) is 6.91. The third kappa shape index (κ3) is 5.51. The smallest absolute Gasteiger partial charge is 0.236 e. The van der Waals surface area contributed by atoms with Crippen LogP contribution in [0.5, 0.6) is 0 Å². The Morgan fingerprint density at radius 3 is 2.48 bits per heavy atom. The van der Waals surface area contributed by atoms with Crippen LogP contribution in [0.4, 0.5) is 0 Å². The van der Waals surface area contributed by atoms with Gasteiger partial charge in [-0.15, -0.1) is 24.8 Å². The number of hydrogen-bond donors (Lipinski definition) is 2. The van der Waals surface area contributed by atoms with Crippen molar-refractivity contribution in [3.05, 3.63) is 23.7 Å². The molecule has 0 aliphatic carbocycles. The molecule has 21 heavy (non-hydrogen) atoms. The molecule has 1 aromatic heterocycles. The molecule has 3 N–H and O–H groups in total. The monoisotopic (exact) mass is 337 g/mol. The Morgan fingerprint density at radius 2 is 2.00 bits per heavy atom. The van der Waals surface area contributed by atoms with E-state index < -0.39 is 6.04 Å². The van der Waals surface area contributed by atoms with Crippen molar-refractivity contribution in [2.75, 3.05) is 19.6 Å². The SMILES string of the molecule is Cc1ccc(C(CNC(=O)[C@@H](C)N)N2CCCC2)o1.Cl.Cl. The molecule has 1 aliphatic rings. The highest BCUT2D eigenvalue weighted by Gasteiger charge is 2.26. The number of nitrogens with two attached hydrogens (primary N) is 1. The third-order valence-corrected chi connectivity index (χ3v) is 3.55. The average molecular weight is 338 g/mol. The molecule has 1 aromatic rings. The highest BCUT2D eigenvalue weighted by Crippen LogP contribution is 2.26. The zero-order valence-corrected chi connectivity index (χ0v) is 14.1. The van der Waals surface area contributed by atoms with Crippen LogP contribution in [0.1, 0.15) is 37.3 Å². The number of nitrogens with zero attached hydrogens (tertiary/aromatic N) is 1. The fraction of sp³-hybridized carbons (Fsp3) is 0.643. The lowest BCUT2D eigenvalue weighted by Gasteiger charge is -2.26. The summed E-state index contributed by atoms with van der Waals surface area (Å²) in [6, 6.07) is 3.60. The number of hydrogen-bond acceptors (Lipinski definition) is 4. The van der Waals surface area contributed by atoms with Gasteiger partial charge in [-0.3, -0.25) is 9.69 Å². The molecular formula is C14H25Cl2N3O2. The molecule has 5 nitrogen and oxygen atoms in total. The molecule has 1 amide bonds. The Bertz CT molecular complexity index is 432. The van der Waals surface area contributed by atoms with Gasteiger partial charge in [0.2, 0.25) is 5.91 Å². The number of carbonyl (C=O) groups excluding carboxylic acids is 1. The highest BCUT2D eigenvalue weighted by atomic mass is 35.5. The number of amides is 1. The number of nitrogens with one attached hydrogen (secondary N) is 1. The van der Waals surface area contributed by atoms with Gasteiger partial charge in [-0.2, -0.15) is 0 Å². The molecule has 1 fully saturated rings. The van der Waals surface area contributed by atoms with Gasteiger partial charge in [0, 0.05) is 6.54 Å². The van der Waals surface area contributed by atoms with Crippen LogP contribution in [0, 0.1) is 6.92 Å². The van der Waals surface area contributed by atoms with Crippen molar-refractivity contribution < 1.29 is 9.21 Å². The van der Waals surface area contributed by atoms with Crippen LogP contribution in [0.2, 0.25) is 0 Å². The maximum atomic E-state index is 11.6.